The van der Waals surface area contributed by atoms with Crippen molar-refractivity contribution in [2.24, 2.45) is 5.84 Å². The lowest BCUT2D eigenvalue weighted by Gasteiger charge is -2.48. The van der Waals surface area contributed by atoms with Crippen molar-refractivity contribution in [2.75, 3.05) is 13.1 Å². The molecule has 0 radical (unpaired) electrons. The summed E-state index contributed by atoms with van der Waals surface area (Å²) in [6.45, 7) is 10.7. The Bertz CT molecular complexity index is 414. The highest BCUT2D eigenvalue weighted by Crippen LogP contribution is 2.29. The first kappa shape index (κ1) is 18.1. The van der Waals surface area contributed by atoms with E-state index in [9.17, 15) is 4.39 Å². The van der Waals surface area contributed by atoms with Crippen LogP contribution in [0.25, 0.3) is 0 Å². The molecule has 1 rings (SSSR count). The van der Waals surface area contributed by atoms with Crippen LogP contribution in [-0.4, -0.2) is 29.6 Å². The number of hydrazine groups is 1. The van der Waals surface area contributed by atoms with Crippen molar-refractivity contribution in [1.29, 1.82) is 0 Å². The first-order valence-corrected chi connectivity index (χ1v) is 8.03. The second-order valence-corrected chi connectivity index (χ2v) is 5.54. The van der Waals surface area contributed by atoms with Crippen molar-refractivity contribution in [1.82, 2.24) is 10.3 Å². The third kappa shape index (κ3) is 4.02. The van der Waals surface area contributed by atoms with Crippen LogP contribution in [0.3, 0.4) is 0 Å². The van der Waals surface area contributed by atoms with Crippen LogP contribution < -0.4 is 11.3 Å². The van der Waals surface area contributed by atoms with Gasteiger partial charge in [0, 0.05) is 11.6 Å². The quantitative estimate of drug-likeness (QED) is 0.543. The summed E-state index contributed by atoms with van der Waals surface area (Å²) in [6, 6.07) is 6.89. The molecular weight excluding hydrogens is 265 g/mol. The second kappa shape index (κ2) is 8.47. The fourth-order valence-corrected chi connectivity index (χ4v) is 3.57. The molecule has 0 saturated carbocycles. The first-order chi connectivity index (χ1) is 10.1. The van der Waals surface area contributed by atoms with Crippen molar-refractivity contribution in [3.8, 4) is 0 Å². The second-order valence-electron chi connectivity index (χ2n) is 5.54. The average molecular weight is 295 g/mol. The zero-order chi connectivity index (χ0) is 15.9. The van der Waals surface area contributed by atoms with Crippen molar-refractivity contribution in [3.05, 3.63) is 35.6 Å². The van der Waals surface area contributed by atoms with E-state index in [1.54, 1.807) is 12.1 Å². The van der Waals surface area contributed by atoms with Gasteiger partial charge >= 0.3 is 0 Å². The van der Waals surface area contributed by atoms with Crippen molar-refractivity contribution in [2.45, 2.75) is 58.5 Å². The topological polar surface area (TPSA) is 41.3 Å². The number of nitrogens with one attached hydrogen (secondary N) is 1. The van der Waals surface area contributed by atoms with Gasteiger partial charge in [-0.3, -0.25) is 16.2 Å². The van der Waals surface area contributed by atoms with Gasteiger partial charge in [-0.2, -0.15) is 0 Å². The van der Waals surface area contributed by atoms with E-state index in [1.807, 2.05) is 6.07 Å². The Morgan fingerprint density at radius 1 is 1.19 bits per heavy atom. The molecule has 0 amide bonds. The molecular formula is C17H30FN3. The third-order valence-electron chi connectivity index (χ3n) is 4.80. The molecule has 0 aliphatic rings. The molecule has 0 saturated heterocycles. The van der Waals surface area contributed by atoms with Crippen LogP contribution in [-0.2, 0) is 6.42 Å². The third-order valence-corrected chi connectivity index (χ3v) is 4.80. The molecule has 1 unspecified atom stereocenters. The molecule has 0 aromatic heterocycles. The Morgan fingerprint density at radius 3 is 2.24 bits per heavy atom. The van der Waals surface area contributed by atoms with Crippen LogP contribution in [0.4, 0.5) is 4.39 Å². The van der Waals surface area contributed by atoms with E-state index in [0.29, 0.717) is 0 Å². The molecule has 4 heteroatoms. The van der Waals surface area contributed by atoms with E-state index in [1.165, 1.54) is 6.07 Å². The molecule has 0 fully saturated rings. The maximum Gasteiger partial charge on any atom is 0.123 e. The number of rotatable bonds is 9. The van der Waals surface area contributed by atoms with E-state index in [2.05, 4.69) is 38.0 Å². The number of benzene rings is 1. The molecule has 1 aromatic carbocycles. The lowest BCUT2D eigenvalue weighted by atomic mass is 9.80. The largest absolute Gasteiger partial charge is 0.297 e. The molecule has 0 bridgehead atoms. The Hall–Kier alpha value is -0.970. The fraction of sp³-hybridized carbons (Fsp3) is 0.647. The maximum absolute atomic E-state index is 13.4. The van der Waals surface area contributed by atoms with Gasteiger partial charge in [-0.15, -0.1) is 0 Å². The summed E-state index contributed by atoms with van der Waals surface area (Å²) < 4.78 is 13.4. The van der Waals surface area contributed by atoms with E-state index < -0.39 is 0 Å². The zero-order valence-electron chi connectivity index (χ0n) is 13.8. The molecule has 3 nitrogen and oxygen atoms in total. The van der Waals surface area contributed by atoms with Crippen LogP contribution in [0, 0.1) is 5.82 Å². The number of hydrogen-bond acceptors (Lipinski definition) is 3. The average Bonchev–Trinajstić information content (AvgIpc) is 2.51. The van der Waals surface area contributed by atoms with Gasteiger partial charge in [-0.05, 0) is 50.0 Å². The van der Waals surface area contributed by atoms with E-state index in [0.717, 1.165) is 37.9 Å². The van der Waals surface area contributed by atoms with Crippen molar-refractivity contribution >= 4 is 0 Å². The van der Waals surface area contributed by atoms with Crippen molar-refractivity contribution in [3.63, 3.8) is 0 Å². The molecule has 21 heavy (non-hydrogen) atoms. The maximum atomic E-state index is 13.4. The number of nitrogens with zero attached hydrogens (tertiary/aromatic N) is 1. The van der Waals surface area contributed by atoms with Gasteiger partial charge < -0.3 is 0 Å². The Morgan fingerprint density at radius 2 is 1.81 bits per heavy atom. The minimum atomic E-state index is -0.190. The zero-order valence-corrected chi connectivity index (χ0v) is 13.8. The Labute approximate surface area is 128 Å². The highest BCUT2D eigenvalue weighted by molar-refractivity contribution is 5.19. The van der Waals surface area contributed by atoms with Crippen molar-refractivity contribution < 1.29 is 4.39 Å². The normalized spacial score (nSPS) is 13.7. The molecule has 3 N–H and O–H groups in total. The molecule has 0 aliphatic heterocycles. The summed E-state index contributed by atoms with van der Waals surface area (Å²) in [6.07, 6.45) is 2.75. The van der Waals surface area contributed by atoms with E-state index in [4.69, 9.17) is 5.84 Å². The number of halogens is 1. The van der Waals surface area contributed by atoms with Crippen LogP contribution in [0.5, 0.6) is 0 Å². The summed E-state index contributed by atoms with van der Waals surface area (Å²) in [7, 11) is 0. The lowest BCUT2D eigenvalue weighted by molar-refractivity contribution is 0.0492. The summed E-state index contributed by atoms with van der Waals surface area (Å²) in [4.78, 5) is 2.47. The van der Waals surface area contributed by atoms with Gasteiger partial charge in [-0.1, -0.05) is 39.8 Å². The first-order valence-electron chi connectivity index (χ1n) is 8.03. The van der Waals surface area contributed by atoms with Crippen LogP contribution in [0.1, 0.15) is 46.1 Å². The van der Waals surface area contributed by atoms with E-state index >= 15 is 0 Å². The fourth-order valence-electron chi connectivity index (χ4n) is 3.57. The standard InChI is InChI=1S/C17H30FN3/c1-5-17(6-2,21(7-3)8-4)16(20-19)13-14-10-9-11-15(18)12-14/h9-12,16,20H,5-8,13,19H2,1-4H3. The lowest BCUT2D eigenvalue weighted by Crippen LogP contribution is -2.63. The molecule has 1 aromatic rings. The van der Waals surface area contributed by atoms with Crippen LogP contribution in [0.15, 0.2) is 24.3 Å². The number of likely N-dealkylation sites (N-methyl/N-ethyl adjacent to an activating group) is 1. The predicted molar refractivity (Wildman–Crippen MR) is 87.4 cm³/mol. The molecule has 0 heterocycles. The number of nitrogens with two attached hydrogens (primary N) is 1. The molecule has 0 spiro atoms. The minimum Gasteiger partial charge on any atom is -0.297 e. The van der Waals surface area contributed by atoms with Gasteiger partial charge in [0.25, 0.3) is 0 Å². The number of hydrogen-bond donors (Lipinski definition) is 2. The summed E-state index contributed by atoms with van der Waals surface area (Å²) in [5.74, 6) is 5.68. The van der Waals surface area contributed by atoms with E-state index in [-0.39, 0.29) is 17.4 Å². The van der Waals surface area contributed by atoms with Gasteiger partial charge in [0.1, 0.15) is 5.82 Å². The molecule has 1 atom stereocenters. The van der Waals surface area contributed by atoms with Gasteiger partial charge in [0.15, 0.2) is 0 Å². The van der Waals surface area contributed by atoms with Gasteiger partial charge in [0.05, 0.1) is 0 Å². The van der Waals surface area contributed by atoms with Crippen LogP contribution in [0.2, 0.25) is 0 Å². The van der Waals surface area contributed by atoms with Crippen LogP contribution >= 0.6 is 0 Å². The highest BCUT2D eigenvalue weighted by Gasteiger charge is 2.39. The monoisotopic (exact) mass is 295 g/mol. The predicted octanol–water partition coefficient (Wildman–Crippen LogP) is 3.10. The SMILES string of the molecule is CCN(CC)C(CC)(CC)C(Cc1cccc(F)c1)NN. The van der Waals surface area contributed by atoms with Gasteiger partial charge in [-0.25, -0.2) is 4.39 Å². The summed E-state index contributed by atoms with van der Waals surface area (Å²) in [5, 5.41) is 0. The van der Waals surface area contributed by atoms with Gasteiger partial charge in [0.2, 0.25) is 0 Å². The summed E-state index contributed by atoms with van der Waals surface area (Å²) in [5.41, 5.74) is 3.97. The smallest absolute Gasteiger partial charge is 0.123 e. The minimum absolute atomic E-state index is 0.00936. The molecule has 120 valence electrons. The summed E-state index contributed by atoms with van der Waals surface area (Å²) >= 11 is 0. The Balaban J connectivity index is 3.07. The molecule has 0 aliphatic carbocycles. The Kier molecular flexibility index (Phi) is 7.29. The highest BCUT2D eigenvalue weighted by atomic mass is 19.1.